The molecule has 1 aromatic carbocycles. The van der Waals surface area contributed by atoms with Crippen molar-refractivity contribution in [1.82, 2.24) is 19.7 Å². The first-order valence-electron chi connectivity index (χ1n) is 9.66. The highest BCUT2D eigenvalue weighted by atomic mass is 16.3. The van der Waals surface area contributed by atoms with Crippen LogP contribution in [-0.4, -0.2) is 43.5 Å². The molecule has 1 N–H and O–H groups in total. The fraction of sp³-hybridized carbons (Fsp3) is 0.364. The Kier molecular flexibility index (Phi) is 5.05. The summed E-state index contributed by atoms with van der Waals surface area (Å²) in [6.07, 6.45) is 8.27. The Labute approximate surface area is 160 Å². The lowest BCUT2D eigenvalue weighted by molar-refractivity contribution is -0.0256. The van der Waals surface area contributed by atoms with Gasteiger partial charge in [-0.2, -0.15) is 5.10 Å². The van der Waals surface area contributed by atoms with Crippen LogP contribution in [0.2, 0.25) is 0 Å². The van der Waals surface area contributed by atoms with Gasteiger partial charge in [0.2, 0.25) is 0 Å². The van der Waals surface area contributed by atoms with Crippen molar-refractivity contribution in [2.45, 2.75) is 38.3 Å². The summed E-state index contributed by atoms with van der Waals surface area (Å²) in [4.78, 5) is 6.68. The largest absolute Gasteiger partial charge is 0.390 e. The Morgan fingerprint density at radius 3 is 2.52 bits per heavy atom. The number of nitrogens with zero attached hydrogens (tertiary/aromatic N) is 4. The zero-order chi connectivity index (χ0) is 18.7. The van der Waals surface area contributed by atoms with E-state index in [2.05, 4.69) is 41.2 Å². The van der Waals surface area contributed by atoms with Gasteiger partial charge in [0.15, 0.2) is 0 Å². The number of aromatic nitrogens is 3. The maximum atomic E-state index is 10.5. The molecule has 0 saturated carbocycles. The van der Waals surface area contributed by atoms with Gasteiger partial charge in [-0.25, -0.2) is 4.68 Å². The maximum absolute atomic E-state index is 10.5. The average molecular weight is 362 g/mol. The summed E-state index contributed by atoms with van der Waals surface area (Å²) in [5.74, 6) is 0. The van der Waals surface area contributed by atoms with Crippen LogP contribution in [-0.2, 0) is 6.54 Å². The first-order valence-corrected chi connectivity index (χ1v) is 9.66. The number of para-hydroxylation sites is 1. The zero-order valence-electron chi connectivity index (χ0n) is 15.8. The molecule has 0 amide bonds. The van der Waals surface area contributed by atoms with Gasteiger partial charge in [-0.3, -0.25) is 9.88 Å². The summed E-state index contributed by atoms with van der Waals surface area (Å²) in [7, 11) is 0. The number of likely N-dealkylation sites (tertiary alicyclic amines) is 1. The molecule has 4 rings (SSSR count). The van der Waals surface area contributed by atoms with Crippen LogP contribution in [0.15, 0.2) is 61.1 Å². The average Bonchev–Trinajstić information content (AvgIpc) is 3.15. The van der Waals surface area contributed by atoms with Crippen molar-refractivity contribution in [3.8, 4) is 16.9 Å². The van der Waals surface area contributed by atoms with Gasteiger partial charge >= 0.3 is 0 Å². The summed E-state index contributed by atoms with van der Waals surface area (Å²) in [6.45, 7) is 4.72. The third kappa shape index (κ3) is 3.94. The highest BCUT2D eigenvalue weighted by molar-refractivity contribution is 5.62. The first kappa shape index (κ1) is 17.9. The molecule has 0 aliphatic carbocycles. The number of rotatable bonds is 5. The molecular formula is C22H26N4O. The van der Waals surface area contributed by atoms with E-state index in [1.54, 1.807) is 6.20 Å². The minimum absolute atomic E-state index is 0.489. The lowest BCUT2D eigenvalue weighted by atomic mass is 9.89. The van der Waals surface area contributed by atoms with Crippen LogP contribution in [0.25, 0.3) is 16.9 Å². The van der Waals surface area contributed by atoms with Gasteiger partial charge in [-0.15, -0.1) is 0 Å². The van der Waals surface area contributed by atoms with Crippen LogP contribution < -0.4 is 0 Å². The van der Waals surface area contributed by atoms with Gasteiger partial charge in [0, 0.05) is 49.4 Å². The van der Waals surface area contributed by atoms with Crippen LogP contribution in [0, 0.1) is 0 Å². The van der Waals surface area contributed by atoms with Crippen LogP contribution in [0.3, 0.4) is 0 Å². The Balaban J connectivity index is 1.62. The summed E-state index contributed by atoms with van der Waals surface area (Å²) in [6, 6.07) is 14.2. The van der Waals surface area contributed by atoms with Gasteiger partial charge in [0.25, 0.3) is 0 Å². The van der Waals surface area contributed by atoms with Gasteiger partial charge in [0.05, 0.1) is 17.0 Å². The second-order valence-corrected chi connectivity index (χ2v) is 7.38. The van der Waals surface area contributed by atoms with E-state index in [0.29, 0.717) is 0 Å². The predicted octanol–water partition coefficient (Wildman–Crippen LogP) is 3.67. The van der Waals surface area contributed by atoms with Crippen LogP contribution >= 0.6 is 0 Å². The summed E-state index contributed by atoms with van der Waals surface area (Å²) in [5, 5.41) is 15.4. The fourth-order valence-corrected chi connectivity index (χ4v) is 3.71. The van der Waals surface area contributed by atoms with Crippen LogP contribution in [0.1, 0.15) is 31.7 Å². The normalized spacial score (nSPS) is 17.1. The van der Waals surface area contributed by atoms with Crippen molar-refractivity contribution in [3.63, 3.8) is 0 Å². The highest BCUT2D eigenvalue weighted by Gasteiger charge is 2.30. The number of pyridine rings is 1. The minimum Gasteiger partial charge on any atom is -0.390 e. The van der Waals surface area contributed by atoms with Gasteiger partial charge < -0.3 is 5.11 Å². The molecule has 27 heavy (non-hydrogen) atoms. The number of piperidine rings is 1. The van der Waals surface area contributed by atoms with E-state index in [1.165, 1.54) is 5.56 Å². The number of aliphatic hydroxyl groups is 1. The van der Waals surface area contributed by atoms with Crippen molar-refractivity contribution in [3.05, 3.63) is 66.6 Å². The second kappa shape index (κ2) is 7.62. The third-order valence-corrected chi connectivity index (χ3v) is 5.58. The molecule has 0 spiro atoms. The summed E-state index contributed by atoms with van der Waals surface area (Å²) >= 11 is 0. The van der Waals surface area contributed by atoms with Crippen molar-refractivity contribution in [1.29, 1.82) is 0 Å². The molecule has 1 aliphatic heterocycles. The van der Waals surface area contributed by atoms with Gasteiger partial charge in [-0.05, 0) is 43.5 Å². The Hall–Kier alpha value is -2.50. The molecule has 1 aliphatic rings. The summed E-state index contributed by atoms with van der Waals surface area (Å²) in [5.41, 5.74) is 3.76. The topological polar surface area (TPSA) is 54.2 Å². The van der Waals surface area contributed by atoms with E-state index >= 15 is 0 Å². The molecule has 5 heteroatoms. The zero-order valence-corrected chi connectivity index (χ0v) is 15.8. The molecule has 2 aromatic heterocycles. The summed E-state index contributed by atoms with van der Waals surface area (Å²) < 4.78 is 1.95. The molecule has 0 unspecified atom stereocenters. The first-order chi connectivity index (χ1) is 13.2. The second-order valence-electron chi connectivity index (χ2n) is 7.38. The number of hydrogen-bond acceptors (Lipinski definition) is 4. The van der Waals surface area contributed by atoms with E-state index in [4.69, 9.17) is 5.10 Å². The Bertz CT molecular complexity index is 868. The van der Waals surface area contributed by atoms with Crippen molar-refractivity contribution < 1.29 is 5.11 Å². The van der Waals surface area contributed by atoms with Crippen molar-refractivity contribution in [2.75, 3.05) is 13.1 Å². The maximum Gasteiger partial charge on any atom is 0.0988 e. The molecule has 1 saturated heterocycles. The number of benzene rings is 1. The van der Waals surface area contributed by atoms with E-state index in [0.717, 1.165) is 55.8 Å². The Morgan fingerprint density at radius 2 is 1.85 bits per heavy atom. The van der Waals surface area contributed by atoms with Crippen LogP contribution in [0.5, 0.6) is 0 Å². The molecule has 140 valence electrons. The third-order valence-electron chi connectivity index (χ3n) is 5.58. The van der Waals surface area contributed by atoms with Crippen molar-refractivity contribution in [2.24, 2.45) is 0 Å². The molecule has 0 bridgehead atoms. The van der Waals surface area contributed by atoms with E-state index < -0.39 is 5.60 Å². The van der Waals surface area contributed by atoms with E-state index in [1.807, 2.05) is 35.1 Å². The lowest BCUT2D eigenvalue weighted by Crippen LogP contribution is -2.43. The highest BCUT2D eigenvalue weighted by Crippen LogP contribution is 2.29. The monoisotopic (exact) mass is 362 g/mol. The number of hydrogen-bond donors (Lipinski definition) is 1. The minimum atomic E-state index is -0.489. The molecular weight excluding hydrogens is 336 g/mol. The van der Waals surface area contributed by atoms with E-state index in [-0.39, 0.29) is 0 Å². The predicted molar refractivity (Wildman–Crippen MR) is 107 cm³/mol. The molecule has 3 heterocycles. The molecule has 0 atom stereocenters. The molecule has 5 nitrogen and oxygen atoms in total. The quantitative estimate of drug-likeness (QED) is 0.752. The van der Waals surface area contributed by atoms with E-state index in [9.17, 15) is 5.11 Å². The Morgan fingerprint density at radius 1 is 1.07 bits per heavy atom. The SMILES string of the molecule is CCC1(O)CCN(Cc2cn(-c3ccccc3)nc2-c2cccnc2)CC1. The van der Waals surface area contributed by atoms with Crippen LogP contribution in [0.4, 0.5) is 0 Å². The molecule has 1 fully saturated rings. The standard InChI is InChI=1S/C22H26N4O/c1-2-22(27)10-13-25(14-11-22)16-19-17-26(20-8-4-3-5-9-20)24-21(19)18-7-6-12-23-15-18/h3-9,12,15,17,27H,2,10-11,13-14,16H2,1H3. The van der Waals surface area contributed by atoms with Gasteiger partial charge in [-0.1, -0.05) is 25.1 Å². The van der Waals surface area contributed by atoms with Gasteiger partial charge in [0.1, 0.15) is 0 Å². The fourth-order valence-electron chi connectivity index (χ4n) is 3.71. The van der Waals surface area contributed by atoms with Crippen molar-refractivity contribution >= 4 is 0 Å². The smallest absolute Gasteiger partial charge is 0.0988 e. The molecule has 3 aromatic rings. The molecule has 0 radical (unpaired) electrons. The lowest BCUT2D eigenvalue weighted by Gasteiger charge is -2.37.